The number of imidazole rings is 1. The maximum absolute atomic E-state index is 2.47. The van der Waals surface area contributed by atoms with Crippen LogP contribution in [0.3, 0.4) is 0 Å². The number of rotatable bonds is 0. The summed E-state index contributed by atoms with van der Waals surface area (Å²) in [5.74, 6) is 1.37. The third-order valence-electron chi connectivity index (χ3n) is 4.27. The van der Waals surface area contributed by atoms with E-state index in [0.717, 1.165) is 0 Å². The zero-order valence-electron chi connectivity index (χ0n) is 10.9. The van der Waals surface area contributed by atoms with Gasteiger partial charge in [-0.15, -0.1) is 0 Å². The van der Waals surface area contributed by atoms with Crippen molar-refractivity contribution in [3.05, 3.63) is 22.8 Å². The highest BCUT2D eigenvalue weighted by Gasteiger charge is 2.43. The summed E-state index contributed by atoms with van der Waals surface area (Å²) in [6, 6.07) is 0. The molecule has 2 rings (SSSR count). The monoisotopic (exact) mass is 205 g/mol. The second kappa shape index (κ2) is 2.75. The van der Waals surface area contributed by atoms with E-state index in [4.69, 9.17) is 0 Å². The Labute approximate surface area is 92.2 Å². The fourth-order valence-electron chi connectivity index (χ4n) is 2.77. The molecule has 2 nitrogen and oxygen atoms in total. The van der Waals surface area contributed by atoms with Crippen LogP contribution < -0.4 is 4.57 Å². The molecule has 0 fully saturated rings. The van der Waals surface area contributed by atoms with Crippen molar-refractivity contribution >= 4 is 5.57 Å². The minimum atomic E-state index is 0.134. The molecule has 2 heteroatoms. The number of fused-ring (bicyclic) bond motifs is 1. The largest absolute Gasteiger partial charge is 0.285 e. The van der Waals surface area contributed by atoms with Gasteiger partial charge >= 0.3 is 0 Å². The summed E-state index contributed by atoms with van der Waals surface area (Å²) in [6.07, 6.45) is 0. The molecule has 0 bridgehead atoms. The summed E-state index contributed by atoms with van der Waals surface area (Å²) in [7, 11) is 2.16. The minimum Gasteiger partial charge on any atom is -0.230 e. The molecule has 2 heterocycles. The molecule has 1 aromatic rings. The molecule has 0 unspecified atom stereocenters. The zero-order chi connectivity index (χ0) is 11.5. The Bertz CT molecular complexity index is 473. The van der Waals surface area contributed by atoms with E-state index in [1.54, 1.807) is 0 Å². The third kappa shape index (κ3) is 1.02. The lowest BCUT2D eigenvalue weighted by molar-refractivity contribution is -0.679. The summed E-state index contributed by atoms with van der Waals surface area (Å²) in [5, 5.41) is 0. The Morgan fingerprint density at radius 3 is 2.07 bits per heavy atom. The van der Waals surface area contributed by atoms with Gasteiger partial charge in [-0.3, -0.25) is 0 Å². The van der Waals surface area contributed by atoms with Crippen molar-refractivity contribution in [3.8, 4) is 0 Å². The summed E-state index contributed by atoms with van der Waals surface area (Å²) < 4.78 is 4.77. The van der Waals surface area contributed by atoms with Crippen LogP contribution in [0, 0.1) is 13.8 Å². The van der Waals surface area contributed by atoms with Gasteiger partial charge in [-0.25, -0.2) is 9.13 Å². The average molecular weight is 205 g/mol. The van der Waals surface area contributed by atoms with Gasteiger partial charge in [0.15, 0.2) is 0 Å². The van der Waals surface area contributed by atoms with Crippen LogP contribution in [-0.2, 0) is 12.6 Å². The van der Waals surface area contributed by atoms with Gasteiger partial charge in [0.05, 0.1) is 7.05 Å². The Balaban J connectivity index is 2.87. The molecular weight excluding hydrogens is 184 g/mol. The van der Waals surface area contributed by atoms with Crippen LogP contribution in [0.15, 0.2) is 5.57 Å². The molecule has 1 aliphatic heterocycles. The van der Waals surface area contributed by atoms with Crippen molar-refractivity contribution in [1.82, 2.24) is 4.57 Å². The predicted octanol–water partition coefficient (Wildman–Crippen LogP) is 2.47. The summed E-state index contributed by atoms with van der Waals surface area (Å²) in [4.78, 5) is 0. The highest BCUT2D eigenvalue weighted by atomic mass is 15.2. The molecule has 15 heavy (non-hydrogen) atoms. The molecule has 0 saturated heterocycles. The maximum atomic E-state index is 2.47. The molecule has 82 valence electrons. The van der Waals surface area contributed by atoms with E-state index < -0.39 is 0 Å². The molecule has 1 aliphatic rings. The van der Waals surface area contributed by atoms with E-state index in [1.165, 1.54) is 28.4 Å². The number of allylic oxidation sites excluding steroid dienone is 2. The standard InChI is InChI=1S/C13H21N2/c1-8-9(2)13(5,6)15-11(4)10(3)14(7)12(8)15/h1-7H3/q+1. The van der Waals surface area contributed by atoms with Gasteiger partial charge in [-0.1, -0.05) is 0 Å². The van der Waals surface area contributed by atoms with E-state index in [-0.39, 0.29) is 5.54 Å². The van der Waals surface area contributed by atoms with Gasteiger partial charge in [0.25, 0.3) is 5.82 Å². The van der Waals surface area contributed by atoms with E-state index >= 15 is 0 Å². The Morgan fingerprint density at radius 2 is 1.60 bits per heavy atom. The fraction of sp³-hybridized carbons (Fsp3) is 0.615. The van der Waals surface area contributed by atoms with Crippen LogP contribution >= 0.6 is 0 Å². The molecular formula is C13H21N2+. The first kappa shape index (κ1) is 10.5. The third-order valence-corrected chi connectivity index (χ3v) is 4.27. The topological polar surface area (TPSA) is 8.81 Å². The number of nitrogens with zero attached hydrogens (tertiary/aromatic N) is 2. The van der Waals surface area contributed by atoms with Gasteiger partial charge in [0.2, 0.25) is 0 Å². The van der Waals surface area contributed by atoms with Crippen molar-refractivity contribution in [3.63, 3.8) is 0 Å². The van der Waals surface area contributed by atoms with Gasteiger partial charge in [-0.05, 0) is 33.3 Å². The highest BCUT2D eigenvalue weighted by Crippen LogP contribution is 2.40. The zero-order valence-corrected chi connectivity index (χ0v) is 10.9. The SMILES string of the molecule is CC1=C(C)C(C)(C)n2c(C)c(C)[n+](C)c21. The van der Waals surface area contributed by atoms with E-state index in [0.29, 0.717) is 0 Å². The van der Waals surface area contributed by atoms with E-state index in [9.17, 15) is 0 Å². The Morgan fingerprint density at radius 1 is 1.07 bits per heavy atom. The van der Waals surface area contributed by atoms with Crippen molar-refractivity contribution < 1.29 is 4.57 Å². The normalized spacial score (nSPS) is 18.6. The quantitative estimate of drug-likeness (QED) is 0.575. The summed E-state index contributed by atoms with van der Waals surface area (Å²) in [6.45, 7) is 13.5. The van der Waals surface area contributed by atoms with Gasteiger partial charge in [0.1, 0.15) is 16.9 Å². The van der Waals surface area contributed by atoms with Crippen LogP contribution in [0.4, 0.5) is 0 Å². The van der Waals surface area contributed by atoms with E-state index in [1.807, 2.05) is 0 Å². The second-order valence-electron chi connectivity index (χ2n) is 5.20. The molecule has 0 aliphatic carbocycles. The van der Waals surface area contributed by atoms with Crippen molar-refractivity contribution in [1.29, 1.82) is 0 Å². The molecule has 0 spiro atoms. The first-order chi connectivity index (χ1) is 6.80. The maximum Gasteiger partial charge on any atom is 0.285 e. The van der Waals surface area contributed by atoms with Crippen molar-refractivity contribution in [2.45, 2.75) is 47.1 Å². The van der Waals surface area contributed by atoms with Gasteiger partial charge in [-0.2, -0.15) is 0 Å². The molecule has 0 atom stereocenters. The summed E-state index contributed by atoms with van der Waals surface area (Å²) in [5.41, 5.74) is 5.80. The summed E-state index contributed by atoms with van der Waals surface area (Å²) >= 11 is 0. The van der Waals surface area contributed by atoms with Crippen LogP contribution in [-0.4, -0.2) is 4.57 Å². The lowest BCUT2D eigenvalue weighted by atomic mass is 9.95. The van der Waals surface area contributed by atoms with Crippen LogP contribution in [0.2, 0.25) is 0 Å². The highest BCUT2D eigenvalue weighted by molar-refractivity contribution is 5.66. The lowest BCUT2D eigenvalue weighted by Gasteiger charge is -2.19. The molecule has 0 radical (unpaired) electrons. The minimum absolute atomic E-state index is 0.134. The number of hydrogen-bond donors (Lipinski definition) is 0. The number of hydrogen-bond acceptors (Lipinski definition) is 0. The Kier molecular flexibility index (Phi) is 1.92. The van der Waals surface area contributed by atoms with Crippen molar-refractivity contribution in [2.75, 3.05) is 0 Å². The Hall–Kier alpha value is -1.05. The molecule has 0 N–H and O–H groups in total. The van der Waals surface area contributed by atoms with Crippen LogP contribution in [0.5, 0.6) is 0 Å². The van der Waals surface area contributed by atoms with Crippen molar-refractivity contribution in [2.24, 2.45) is 7.05 Å². The average Bonchev–Trinajstić information content (AvgIpc) is 2.49. The first-order valence-electron chi connectivity index (χ1n) is 5.57. The van der Waals surface area contributed by atoms with Gasteiger partial charge in [0, 0.05) is 19.4 Å². The van der Waals surface area contributed by atoms with E-state index in [2.05, 4.69) is 57.7 Å². The fourth-order valence-corrected chi connectivity index (χ4v) is 2.77. The second-order valence-corrected chi connectivity index (χ2v) is 5.20. The van der Waals surface area contributed by atoms with Crippen LogP contribution in [0.1, 0.15) is 44.9 Å². The molecule has 0 aromatic carbocycles. The lowest BCUT2D eigenvalue weighted by Crippen LogP contribution is -2.34. The van der Waals surface area contributed by atoms with Crippen LogP contribution in [0.25, 0.3) is 5.57 Å². The first-order valence-corrected chi connectivity index (χ1v) is 5.57. The number of aromatic nitrogens is 2. The predicted molar refractivity (Wildman–Crippen MR) is 62.7 cm³/mol. The molecule has 0 amide bonds. The smallest absolute Gasteiger partial charge is 0.230 e. The molecule has 0 saturated carbocycles. The molecule has 1 aromatic heterocycles. The van der Waals surface area contributed by atoms with Gasteiger partial charge < -0.3 is 0 Å².